The lowest BCUT2D eigenvalue weighted by atomic mass is 10.0. The standard InChI is InChI=1S/C12H7BrF2O2/c1-6-2-3-8(14)9(10(6)15)11(16)12-7(13)4-5-17-12/h2-5H,1H3. The first-order valence-electron chi connectivity index (χ1n) is 4.74. The Morgan fingerprint density at radius 2 is 2.00 bits per heavy atom. The zero-order valence-electron chi connectivity index (χ0n) is 8.76. The molecule has 2 nitrogen and oxygen atoms in total. The Hall–Kier alpha value is -1.49. The van der Waals surface area contributed by atoms with Crippen molar-refractivity contribution < 1.29 is 18.0 Å². The van der Waals surface area contributed by atoms with E-state index in [4.69, 9.17) is 4.42 Å². The molecule has 1 heterocycles. The highest BCUT2D eigenvalue weighted by atomic mass is 79.9. The summed E-state index contributed by atoms with van der Waals surface area (Å²) in [6, 6.07) is 3.82. The second-order valence-electron chi connectivity index (χ2n) is 3.48. The molecule has 0 aliphatic rings. The van der Waals surface area contributed by atoms with E-state index in [1.807, 2.05) is 0 Å². The number of rotatable bonds is 2. The molecule has 0 radical (unpaired) electrons. The van der Waals surface area contributed by atoms with Crippen LogP contribution in [0.2, 0.25) is 0 Å². The van der Waals surface area contributed by atoms with Crippen LogP contribution in [0, 0.1) is 18.6 Å². The van der Waals surface area contributed by atoms with Gasteiger partial charge in [0, 0.05) is 0 Å². The second-order valence-corrected chi connectivity index (χ2v) is 4.33. The van der Waals surface area contributed by atoms with Gasteiger partial charge in [0.2, 0.25) is 5.78 Å². The normalized spacial score (nSPS) is 10.6. The SMILES string of the molecule is Cc1ccc(F)c(C(=O)c2occc2Br)c1F. The lowest BCUT2D eigenvalue weighted by Gasteiger charge is -2.04. The zero-order chi connectivity index (χ0) is 12.6. The van der Waals surface area contributed by atoms with Gasteiger partial charge >= 0.3 is 0 Å². The zero-order valence-corrected chi connectivity index (χ0v) is 10.3. The fraction of sp³-hybridized carbons (Fsp3) is 0.0833. The Morgan fingerprint density at radius 1 is 1.29 bits per heavy atom. The van der Waals surface area contributed by atoms with Crippen LogP contribution in [-0.2, 0) is 0 Å². The van der Waals surface area contributed by atoms with E-state index in [1.54, 1.807) is 0 Å². The molecule has 0 amide bonds. The second kappa shape index (κ2) is 4.41. The van der Waals surface area contributed by atoms with Crippen LogP contribution in [0.3, 0.4) is 0 Å². The first-order valence-corrected chi connectivity index (χ1v) is 5.54. The summed E-state index contributed by atoms with van der Waals surface area (Å²) in [6.07, 6.45) is 1.27. The van der Waals surface area contributed by atoms with E-state index in [9.17, 15) is 13.6 Å². The summed E-state index contributed by atoms with van der Waals surface area (Å²) in [6.45, 7) is 1.46. The highest BCUT2D eigenvalue weighted by molar-refractivity contribution is 9.10. The van der Waals surface area contributed by atoms with E-state index in [2.05, 4.69) is 15.9 Å². The Kier molecular flexibility index (Phi) is 3.11. The number of carbonyl (C=O) groups excluding carboxylic acids is 1. The first kappa shape index (κ1) is 12.0. The number of benzene rings is 1. The van der Waals surface area contributed by atoms with Crippen molar-refractivity contribution in [2.45, 2.75) is 6.92 Å². The van der Waals surface area contributed by atoms with Gasteiger partial charge < -0.3 is 4.42 Å². The number of aryl methyl sites for hydroxylation is 1. The molecule has 0 saturated heterocycles. The van der Waals surface area contributed by atoms with Crippen LogP contribution < -0.4 is 0 Å². The van der Waals surface area contributed by atoms with Gasteiger partial charge in [0.15, 0.2) is 5.76 Å². The molecule has 0 saturated carbocycles. The van der Waals surface area contributed by atoms with Crippen LogP contribution in [0.1, 0.15) is 21.7 Å². The Morgan fingerprint density at radius 3 is 2.59 bits per heavy atom. The molecule has 0 aliphatic heterocycles. The molecule has 17 heavy (non-hydrogen) atoms. The number of ketones is 1. The highest BCUT2D eigenvalue weighted by Crippen LogP contribution is 2.25. The molecular formula is C12H7BrF2O2. The lowest BCUT2D eigenvalue weighted by Crippen LogP contribution is -2.08. The van der Waals surface area contributed by atoms with Gasteiger partial charge in [-0.2, -0.15) is 0 Å². The Balaban J connectivity index is 2.59. The average Bonchev–Trinajstić information content (AvgIpc) is 2.70. The molecule has 5 heteroatoms. The molecule has 1 aromatic carbocycles. The van der Waals surface area contributed by atoms with E-state index in [0.717, 1.165) is 6.07 Å². The summed E-state index contributed by atoms with van der Waals surface area (Å²) in [7, 11) is 0. The third kappa shape index (κ3) is 2.02. The van der Waals surface area contributed by atoms with Crippen molar-refractivity contribution in [1.82, 2.24) is 0 Å². The summed E-state index contributed by atoms with van der Waals surface area (Å²) in [5.41, 5.74) is -0.391. The summed E-state index contributed by atoms with van der Waals surface area (Å²) in [4.78, 5) is 11.9. The molecule has 88 valence electrons. The van der Waals surface area contributed by atoms with Gasteiger partial charge in [-0.25, -0.2) is 8.78 Å². The third-order valence-electron chi connectivity index (χ3n) is 2.33. The monoisotopic (exact) mass is 300 g/mol. The van der Waals surface area contributed by atoms with Gasteiger partial charge in [-0.15, -0.1) is 0 Å². The highest BCUT2D eigenvalue weighted by Gasteiger charge is 2.24. The molecule has 2 rings (SSSR count). The van der Waals surface area contributed by atoms with Crippen molar-refractivity contribution >= 4 is 21.7 Å². The number of halogens is 3. The Bertz CT molecular complexity index is 590. The van der Waals surface area contributed by atoms with E-state index >= 15 is 0 Å². The van der Waals surface area contributed by atoms with Crippen molar-refractivity contribution in [3.8, 4) is 0 Å². The number of carbonyl (C=O) groups is 1. The van der Waals surface area contributed by atoms with Crippen molar-refractivity contribution in [3.63, 3.8) is 0 Å². The summed E-state index contributed by atoms with van der Waals surface area (Å²) >= 11 is 3.07. The van der Waals surface area contributed by atoms with Crippen LogP contribution in [0.15, 0.2) is 33.4 Å². The van der Waals surface area contributed by atoms with Gasteiger partial charge in [-0.05, 0) is 40.5 Å². The fourth-order valence-corrected chi connectivity index (χ4v) is 1.82. The summed E-state index contributed by atoms with van der Waals surface area (Å²) in [5, 5.41) is 0. The molecule has 2 aromatic rings. The quantitative estimate of drug-likeness (QED) is 0.788. The van der Waals surface area contributed by atoms with Crippen LogP contribution in [0.25, 0.3) is 0 Å². The van der Waals surface area contributed by atoms with Crippen LogP contribution >= 0.6 is 15.9 Å². The topological polar surface area (TPSA) is 30.2 Å². The van der Waals surface area contributed by atoms with Gasteiger partial charge in [-0.1, -0.05) is 6.07 Å². The third-order valence-corrected chi connectivity index (χ3v) is 2.96. The molecule has 0 spiro atoms. The summed E-state index contributed by atoms with van der Waals surface area (Å²) in [5.74, 6) is -2.70. The van der Waals surface area contributed by atoms with Crippen molar-refractivity contribution in [3.05, 3.63) is 57.5 Å². The van der Waals surface area contributed by atoms with Gasteiger partial charge in [0.05, 0.1) is 16.3 Å². The van der Waals surface area contributed by atoms with E-state index < -0.39 is 23.0 Å². The van der Waals surface area contributed by atoms with Gasteiger partial charge in [0.1, 0.15) is 11.6 Å². The lowest BCUT2D eigenvalue weighted by molar-refractivity contribution is 0.1000. The van der Waals surface area contributed by atoms with Gasteiger partial charge in [-0.3, -0.25) is 4.79 Å². The van der Waals surface area contributed by atoms with Crippen molar-refractivity contribution in [1.29, 1.82) is 0 Å². The van der Waals surface area contributed by atoms with Crippen molar-refractivity contribution in [2.24, 2.45) is 0 Å². The Labute approximate surface area is 104 Å². The van der Waals surface area contributed by atoms with Crippen LogP contribution in [-0.4, -0.2) is 5.78 Å². The first-order chi connectivity index (χ1) is 8.02. The van der Waals surface area contributed by atoms with E-state index in [-0.39, 0.29) is 11.3 Å². The predicted octanol–water partition coefficient (Wildman–Crippen LogP) is 3.86. The minimum Gasteiger partial charge on any atom is -0.460 e. The smallest absolute Gasteiger partial charge is 0.235 e. The predicted molar refractivity (Wildman–Crippen MR) is 60.9 cm³/mol. The molecule has 0 N–H and O–H groups in total. The van der Waals surface area contributed by atoms with E-state index in [1.165, 1.54) is 25.3 Å². The largest absolute Gasteiger partial charge is 0.460 e. The molecule has 1 aromatic heterocycles. The fourth-order valence-electron chi connectivity index (χ4n) is 1.43. The maximum Gasteiger partial charge on any atom is 0.235 e. The molecule has 0 fully saturated rings. The molecule has 0 unspecified atom stereocenters. The maximum atomic E-state index is 13.7. The minimum absolute atomic E-state index is 0.117. The van der Waals surface area contributed by atoms with Gasteiger partial charge in [0.25, 0.3) is 0 Å². The average molecular weight is 301 g/mol. The molecular weight excluding hydrogens is 294 g/mol. The maximum absolute atomic E-state index is 13.7. The number of furan rings is 1. The number of hydrogen-bond donors (Lipinski definition) is 0. The van der Waals surface area contributed by atoms with Crippen LogP contribution in [0.4, 0.5) is 8.78 Å². The van der Waals surface area contributed by atoms with E-state index in [0.29, 0.717) is 4.47 Å². The minimum atomic E-state index is -0.901. The summed E-state index contributed by atoms with van der Waals surface area (Å²) < 4.78 is 32.5. The molecule has 0 atom stereocenters. The molecule has 0 aliphatic carbocycles. The van der Waals surface area contributed by atoms with Crippen LogP contribution in [0.5, 0.6) is 0 Å². The number of hydrogen-bond acceptors (Lipinski definition) is 2. The molecule has 0 bridgehead atoms. The van der Waals surface area contributed by atoms with Crippen molar-refractivity contribution in [2.75, 3.05) is 0 Å².